The summed E-state index contributed by atoms with van der Waals surface area (Å²) in [7, 11) is -4.50. The van der Waals surface area contributed by atoms with Gasteiger partial charge in [0.25, 0.3) is 0 Å². The minimum absolute atomic E-state index is 0.00811. The molecule has 1 aromatic carbocycles. The summed E-state index contributed by atoms with van der Waals surface area (Å²) in [5.74, 6) is -0.801. The van der Waals surface area contributed by atoms with Crippen LogP contribution >= 0.6 is 19.5 Å². The van der Waals surface area contributed by atoms with E-state index in [-0.39, 0.29) is 12.4 Å². The number of nitrogen functional groups attached to an aromatic ring is 1. The number of carbonyl (C=O) groups is 1. The second-order valence-electron chi connectivity index (χ2n) is 7.30. The maximum Gasteiger partial charge on any atom is 0.403 e. The molecule has 0 saturated carbocycles. The van der Waals surface area contributed by atoms with Gasteiger partial charge >= 0.3 is 19.4 Å². The second-order valence-corrected chi connectivity index (χ2v) is 10.2. The highest BCUT2D eigenvalue weighted by molar-refractivity contribution is 8.00. The molecule has 1 saturated heterocycles. The molecular weight excluding hydrogens is 478 g/mol. The van der Waals surface area contributed by atoms with Crippen molar-refractivity contribution < 1.29 is 33.0 Å². The molecule has 1 unspecified atom stereocenters. The Hall–Kier alpha value is -2.28. The van der Waals surface area contributed by atoms with E-state index in [1.807, 2.05) is 6.07 Å². The Balaban J connectivity index is 1.53. The lowest BCUT2D eigenvalue weighted by molar-refractivity contribution is -0.146. The molecule has 2 heterocycles. The molecule has 11 nitrogen and oxygen atoms in total. The first kappa shape index (κ1) is 25.3. The van der Waals surface area contributed by atoms with Crippen LogP contribution in [0.15, 0.2) is 47.4 Å². The molecule has 0 amide bonds. The van der Waals surface area contributed by atoms with Crippen molar-refractivity contribution in [2.24, 2.45) is 0 Å². The van der Waals surface area contributed by atoms with Crippen molar-refractivity contribution in [1.29, 1.82) is 0 Å². The first-order chi connectivity index (χ1) is 15.6. The standard InChI is InChI=1S/C19H24FN4O7PS/c1-11(18(26)30-9-12-5-3-2-4-6-12)23-32(28,29)31-10-13-16(25)15(20)17(33-13)24-8-7-14(21)22-19(24)27/h2-8,11,13,15-17,25H,9-10H2,1H3,(H2,21,22,27)(H2,23,28,29)/t11-,13+,15-,16+,17+/m0/s1. The minimum atomic E-state index is -4.50. The number of hydrogen-bond donors (Lipinski definition) is 4. The van der Waals surface area contributed by atoms with Crippen LogP contribution in [0.2, 0.25) is 0 Å². The van der Waals surface area contributed by atoms with Crippen molar-refractivity contribution in [1.82, 2.24) is 14.6 Å². The fourth-order valence-electron chi connectivity index (χ4n) is 3.05. The minimum Gasteiger partial charge on any atom is -0.460 e. The zero-order valence-electron chi connectivity index (χ0n) is 17.5. The van der Waals surface area contributed by atoms with Gasteiger partial charge in [-0.1, -0.05) is 30.3 Å². The van der Waals surface area contributed by atoms with E-state index in [0.29, 0.717) is 0 Å². The second kappa shape index (κ2) is 10.8. The van der Waals surface area contributed by atoms with Crippen LogP contribution in [-0.4, -0.2) is 55.7 Å². The molecule has 6 atom stereocenters. The molecule has 1 fully saturated rings. The van der Waals surface area contributed by atoms with Crippen molar-refractivity contribution in [2.45, 2.75) is 42.5 Å². The van der Waals surface area contributed by atoms with Crippen LogP contribution < -0.4 is 16.5 Å². The fraction of sp³-hybridized carbons (Fsp3) is 0.421. The maximum atomic E-state index is 14.6. The lowest BCUT2D eigenvalue weighted by atomic mass is 10.1. The highest BCUT2D eigenvalue weighted by Crippen LogP contribution is 2.46. The Morgan fingerprint density at radius 2 is 2.09 bits per heavy atom. The van der Waals surface area contributed by atoms with Gasteiger partial charge in [-0.25, -0.2) is 18.8 Å². The number of nitrogens with zero attached hydrogens (tertiary/aromatic N) is 2. The summed E-state index contributed by atoms with van der Waals surface area (Å²) in [6, 6.07) is 9.03. The van der Waals surface area contributed by atoms with Crippen molar-refractivity contribution >= 4 is 31.3 Å². The molecule has 33 heavy (non-hydrogen) atoms. The van der Waals surface area contributed by atoms with E-state index < -0.39 is 55.0 Å². The number of rotatable bonds is 9. The summed E-state index contributed by atoms with van der Waals surface area (Å²) in [6.07, 6.45) is -2.17. The number of carbonyl (C=O) groups excluding carboxylic acids is 1. The van der Waals surface area contributed by atoms with Gasteiger partial charge in [0.1, 0.15) is 29.9 Å². The van der Waals surface area contributed by atoms with E-state index in [9.17, 15) is 28.5 Å². The number of aliphatic hydroxyl groups is 1. The summed E-state index contributed by atoms with van der Waals surface area (Å²) in [6.45, 7) is 0.797. The quantitative estimate of drug-likeness (QED) is 0.285. The number of anilines is 1. The lowest BCUT2D eigenvalue weighted by Crippen LogP contribution is -2.35. The van der Waals surface area contributed by atoms with E-state index in [1.54, 1.807) is 24.3 Å². The van der Waals surface area contributed by atoms with E-state index in [2.05, 4.69) is 10.1 Å². The van der Waals surface area contributed by atoms with Crippen LogP contribution in [0.25, 0.3) is 0 Å². The molecular formula is C19H24FN4O7PS. The van der Waals surface area contributed by atoms with Gasteiger partial charge in [-0.05, 0) is 18.6 Å². The number of thioether (sulfide) groups is 1. The number of nitrogens with two attached hydrogens (primary N) is 1. The van der Waals surface area contributed by atoms with Crippen LogP contribution in [0.5, 0.6) is 0 Å². The molecule has 5 N–H and O–H groups in total. The number of nitrogens with one attached hydrogen (secondary N) is 1. The van der Waals surface area contributed by atoms with Crippen molar-refractivity contribution in [3.05, 3.63) is 58.6 Å². The van der Waals surface area contributed by atoms with Gasteiger partial charge in [0.2, 0.25) is 0 Å². The number of ether oxygens (including phenoxy) is 1. The highest BCUT2D eigenvalue weighted by Gasteiger charge is 2.46. The SMILES string of the molecule is C[C@H](NP(=O)(O)OC[C@H]1S[C@@H](n2ccc(N)nc2=O)[C@@H](F)[C@@H]1O)C(=O)OCc1ccccc1. The molecule has 0 aliphatic carbocycles. The third kappa shape index (κ3) is 6.62. The molecule has 2 aromatic rings. The summed E-state index contributed by atoms with van der Waals surface area (Å²) in [4.78, 5) is 37.6. The summed E-state index contributed by atoms with van der Waals surface area (Å²) in [5, 5.41) is 10.2. The maximum absolute atomic E-state index is 14.6. The van der Waals surface area contributed by atoms with Gasteiger partial charge in [-0.2, -0.15) is 4.98 Å². The highest BCUT2D eigenvalue weighted by atomic mass is 32.2. The number of aliphatic hydroxyl groups excluding tert-OH is 1. The van der Waals surface area contributed by atoms with E-state index in [1.165, 1.54) is 19.2 Å². The molecule has 1 aliphatic heterocycles. The molecule has 1 aliphatic rings. The van der Waals surface area contributed by atoms with Gasteiger partial charge in [-0.15, -0.1) is 11.8 Å². The van der Waals surface area contributed by atoms with Gasteiger partial charge in [0.15, 0.2) is 6.17 Å². The number of benzene rings is 1. The van der Waals surface area contributed by atoms with Crippen LogP contribution in [0.4, 0.5) is 10.2 Å². The number of esters is 1. The monoisotopic (exact) mass is 502 g/mol. The predicted octanol–water partition coefficient (Wildman–Crippen LogP) is 0.977. The van der Waals surface area contributed by atoms with Crippen molar-refractivity contribution in [3.8, 4) is 0 Å². The Kier molecular flexibility index (Phi) is 8.27. The first-order valence-corrected chi connectivity index (χ1v) is 12.4. The van der Waals surface area contributed by atoms with Gasteiger partial charge in [-0.3, -0.25) is 13.9 Å². The fourth-order valence-corrected chi connectivity index (χ4v) is 5.60. The number of aromatic nitrogens is 2. The average molecular weight is 502 g/mol. The van der Waals surface area contributed by atoms with Crippen molar-refractivity contribution in [3.63, 3.8) is 0 Å². The topological polar surface area (TPSA) is 166 Å². The molecule has 1 aromatic heterocycles. The Morgan fingerprint density at radius 1 is 1.39 bits per heavy atom. The summed E-state index contributed by atoms with van der Waals surface area (Å²) in [5.41, 5.74) is 5.39. The number of alkyl halides is 1. The average Bonchev–Trinajstić information content (AvgIpc) is 3.05. The zero-order valence-corrected chi connectivity index (χ0v) is 19.2. The Bertz CT molecular complexity index is 1080. The third-order valence-electron chi connectivity index (χ3n) is 4.77. The van der Waals surface area contributed by atoms with E-state index in [0.717, 1.165) is 21.9 Å². The molecule has 0 radical (unpaired) electrons. The predicted molar refractivity (Wildman–Crippen MR) is 119 cm³/mol. The smallest absolute Gasteiger partial charge is 0.403 e. The van der Waals surface area contributed by atoms with E-state index in [4.69, 9.17) is 15.0 Å². The van der Waals surface area contributed by atoms with Crippen LogP contribution in [0.3, 0.4) is 0 Å². The Morgan fingerprint density at radius 3 is 2.76 bits per heavy atom. The van der Waals surface area contributed by atoms with Crippen LogP contribution in [-0.2, 0) is 25.2 Å². The van der Waals surface area contributed by atoms with E-state index >= 15 is 0 Å². The molecule has 14 heteroatoms. The van der Waals surface area contributed by atoms with Gasteiger partial charge < -0.3 is 20.5 Å². The van der Waals surface area contributed by atoms with Crippen LogP contribution in [0, 0.1) is 0 Å². The Labute approximate surface area is 192 Å². The molecule has 0 spiro atoms. The summed E-state index contributed by atoms with van der Waals surface area (Å²) >= 11 is 0.852. The zero-order chi connectivity index (χ0) is 24.2. The van der Waals surface area contributed by atoms with Gasteiger partial charge in [0.05, 0.1) is 11.9 Å². The third-order valence-corrected chi connectivity index (χ3v) is 7.51. The largest absolute Gasteiger partial charge is 0.460 e. The lowest BCUT2D eigenvalue weighted by Gasteiger charge is -2.20. The number of halogens is 1. The van der Waals surface area contributed by atoms with Crippen molar-refractivity contribution in [2.75, 3.05) is 12.3 Å². The molecule has 0 bridgehead atoms. The number of hydrogen-bond acceptors (Lipinski definition) is 9. The van der Waals surface area contributed by atoms with Gasteiger partial charge in [0, 0.05) is 6.20 Å². The summed E-state index contributed by atoms with van der Waals surface area (Å²) < 4.78 is 38.0. The van der Waals surface area contributed by atoms with Crippen LogP contribution in [0.1, 0.15) is 17.9 Å². The molecule has 180 valence electrons. The first-order valence-electron chi connectivity index (χ1n) is 9.85. The normalized spacial score (nSPS) is 25.3. The molecule has 3 rings (SSSR count).